The van der Waals surface area contributed by atoms with Crippen LogP contribution in [0.1, 0.15) is 57.8 Å². The first kappa shape index (κ1) is 9.51. The quantitative estimate of drug-likeness (QED) is 0.711. The highest BCUT2D eigenvalue weighted by molar-refractivity contribution is 4.87. The average Bonchev–Trinajstić information content (AvgIpc) is 2.77. The van der Waals surface area contributed by atoms with Crippen molar-refractivity contribution in [3.8, 4) is 0 Å². The van der Waals surface area contributed by atoms with E-state index in [1.54, 1.807) is 0 Å². The van der Waals surface area contributed by atoms with Gasteiger partial charge in [0.1, 0.15) is 0 Å². The molecule has 1 nitrogen and oxygen atoms in total. The van der Waals surface area contributed by atoms with E-state index in [2.05, 4.69) is 0 Å². The van der Waals surface area contributed by atoms with E-state index in [9.17, 15) is 5.11 Å². The molecule has 1 N–H and O–H groups in total. The highest BCUT2D eigenvalue weighted by atomic mass is 16.3. The van der Waals surface area contributed by atoms with Crippen LogP contribution in [0, 0.1) is 11.3 Å². The molecule has 2 aliphatic carbocycles. The summed E-state index contributed by atoms with van der Waals surface area (Å²) in [5.41, 5.74) is 0.356. The molecule has 0 saturated heterocycles. The normalized spacial score (nSPS) is 28.4. The van der Waals surface area contributed by atoms with Crippen LogP contribution in [0.3, 0.4) is 0 Å². The molecule has 0 aromatic carbocycles. The third kappa shape index (κ3) is 2.07. The minimum Gasteiger partial charge on any atom is -0.396 e. The molecule has 0 radical (unpaired) electrons. The van der Waals surface area contributed by atoms with Gasteiger partial charge < -0.3 is 5.11 Å². The molecule has 2 rings (SSSR count). The fourth-order valence-corrected chi connectivity index (χ4v) is 3.38. The van der Waals surface area contributed by atoms with Crippen molar-refractivity contribution in [3.63, 3.8) is 0 Å². The summed E-state index contributed by atoms with van der Waals surface area (Å²) in [6.07, 6.45) is 12.4. The van der Waals surface area contributed by atoms with Crippen LogP contribution in [0.2, 0.25) is 0 Å². The van der Waals surface area contributed by atoms with Gasteiger partial charge in [0.2, 0.25) is 0 Å². The van der Waals surface area contributed by atoms with Gasteiger partial charge in [-0.25, -0.2) is 0 Å². The molecule has 0 bridgehead atoms. The zero-order valence-corrected chi connectivity index (χ0v) is 8.60. The second-order valence-corrected chi connectivity index (χ2v) is 5.22. The molecule has 0 aromatic rings. The van der Waals surface area contributed by atoms with Crippen LogP contribution in [0.4, 0.5) is 0 Å². The lowest BCUT2D eigenvalue weighted by molar-refractivity contribution is 0.102. The molecule has 0 unspecified atom stereocenters. The molecule has 0 heterocycles. The Kier molecular flexibility index (Phi) is 2.92. The third-order valence-corrected chi connectivity index (χ3v) is 4.20. The summed E-state index contributed by atoms with van der Waals surface area (Å²) in [6.45, 7) is 0.448. The molecular weight excluding hydrogens is 160 g/mol. The van der Waals surface area contributed by atoms with Gasteiger partial charge in [-0.2, -0.15) is 0 Å². The van der Waals surface area contributed by atoms with Crippen molar-refractivity contribution in [2.45, 2.75) is 57.8 Å². The number of aliphatic hydroxyl groups excluding tert-OH is 1. The number of rotatable bonds is 3. The predicted molar refractivity (Wildman–Crippen MR) is 54.6 cm³/mol. The topological polar surface area (TPSA) is 20.2 Å². The highest BCUT2D eigenvalue weighted by Gasteiger charge is 2.35. The van der Waals surface area contributed by atoms with E-state index in [-0.39, 0.29) is 0 Å². The van der Waals surface area contributed by atoms with Crippen molar-refractivity contribution in [2.24, 2.45) is 11.3 Å². The van der Waals surface area contributed by atoms with Gasteiger partial charge in [0, 0.05) is 6.61 Å². The molecule has 0 aromatic heterocycles. The second kappa shape index (κ2) is 4.00. The summed E-state index contributed by atoms with van der Waals surface area (Å²) in [4.78, 5) is 0. The monoisotopic (exact) mass is 182 g/mol. The molecule has 0 spiro atoms. The SMILES string of the molecule is OCC1(CC2CCCC2)CCCC1. The van der Waals surface area contributed by atoms with Crippen molar-refractivity contribution in [2.75, 3.05) is 6.61 Å². The summed E-state index contributed by atoms with van der Waals surface area (Å²) >= 11 is 0. The third-order valence-electron chi connectivity index (χ3n) is 4.20. The Labute approximate surface area is 81.5 Å². The van der Waals surface area contributed by atoms with Crippen molar-refractivity contribution < 1.29 is 5.11 Å². The van der Waals surface area contributed by atoms with Crippen molar-refractivity contribution in [1.29, 1.82) is 0 Å². The van der Waals surface area contributed by atoms with Gasteiger partial charge in [0.25, 0.3) is 0 Å². The van der Waals surface area contributed by atoms with E-state index < -0.39 is 0 Å². The van der Waals surface area contributed by atoms with Gasteiger partial charge in [-0.3, -0.25) is 0 Å². The first-order valence-electron chi connectivity index (χ1n) is 5.96. The van der Waals surface area contributed by atoms with Gasteiger partial charge in [-0.05, 0) is 30.6 Å². The number of hydrogen-bond acceptors (Lipinski definition) is 1. The van der Waals surface area contributed by atoms with Crippen LogP contribution >= 0.6 is 0 Å². The summed E-state index contributed by atoms with van der Waals surface area (Å²) in [7, 11) is 0. The number of aliphatic hydroxyl groups is 1. The van der Waals surface area contributed by atoms with Crippen LogP contribution in [-0.2, 0) is 0 Å². The Hall–Kier alpha value is -0.0400. The first-order valence-corrected chi connectivity index (χ1v) is 5.96. The minimum absolute atomic E-state index is 0.356. The first-order chi connectivity index (χ1) is 6.35. The van der Waals surface area contributed by atoms with E-state index >= 15 is 0 Å². The van der Waals surface area contributed by atoms with E-state index in [0.29, 0.717) is 12.0 Å². The van der Waals surface area contributed by atoms with Gasteiger partial charge in [0.05, 0.1) is 0 Å². The second-order valence-electron chi connectivity index (χ2n) is 5.22. The van der Waals surface area contributed by atoms with E-state index in [1.807, 2.05) is 0 Å². The molecule has 13 heavy (non-hydrogen) atoms. The molecular formula is C12H22O. The smallest absolute Gasteiger partial charge is 0.0487 e. The molecule has 2 fully saturated rings. The summed E-state index contributed by atoms with van der Waals surface area (Å²) in [6, 6.07) is 0. The van der Waals surface area contributed by atoms with Crippen LogP contribution in [0.15, 0.2) is 0 Å². The zero-order chi connectivity index (χ0) is 9.15. The Morgan fingerprint density at radius 2 is 1.62 bits per heavy atom. The van der Waals surface area contributed by atoms with Crippen molar-refractivity contribution in [1.82, 2.24) is 0 Å². The molecule has 1 heteroatoms. The van der Waals surface area contributed by atoms with Gasteiger partial charge >= 0.3 is 0 Å². The average molecular weight is 182 g/mol. The number of hydrogen-bond donors (Lipinski definition) is 1. The summed E-state index contributed by atoms with van der Waals surface area (Å²) in [5, 5.41) is 9.48. The van der Waals surface area contributed by atoms with Gasteiger partial charge in [0.15, 0.2) is 0 Å². The lowest BCUT2D eigenvalue weighted by Crippen LogP contribution is -2.24. The van der Waals surface area contributed by atoms with Crippen LogP contribution in [-0.4, -0.2) is 11.7 Å². The fourth-order valence-electron chi connectivity index (χ4n) is 3.38. The van der Waals surface area contributed by atoms with E-state index in [0.717, 1.165) is 5.92 Å². The van der Waals surface area contributed by atoms with Crippen LogP contribution in [0.25, 0.3) is 0 Å². The minimum atomic E-state index is 0.356. The largest absolute Gasteiger partial charge is 0.396 e. The summed E-state index contributed by atoms with van der Waals surface area (Å²) < 4.78 is 0. The maximum Gasteiger partial charge on any atom is 0.0487 e. The Morgan fingerprint density at radius 1 is 1.00 bits per heavy atom. The van der Waals surface area contributed by atoms with Gasteiger partial charge in [-0.15, -0.1) is 0 Å². The Bertz CT molecular complexity index is 153. The maximum atomic E-state index is 9.48. The molecule has 2 aliphatic rings. The van der Waals surface area contributed by atoms with Crippen LogP contribution in [0.5, 0.6) is 0 Å². The Balaban J connectivity index is 1.88. The Morgan fingerprint density at radius 3 is 2.15 bits per heavy atom. The predicted octanol–water partition coefficient (Wildman–Crippen LogP) is 3.12. The highest BCUT2D eigenvalue weighted by Crippen LogP contribution is 2.45. The summed E-state index contributed by atoms with van der Waals surface area (Å²) in [5.74, 6) is 0.949. The van der Waals surface area contributed by atoms with E-state index in [1.165, 1.54) is 57.8 Å². The fraction of sp³-hybridized carbons (Fsp3) is 1.00. The van der Waals surface area contributed by atoms with Crippen molar-refractivity contribution >= 4 is 0 Å². The van der Waals surface area contributed by atoms with Crippen molar-refractivity contribution in [3.05, 3.63) is 0 Å². The lowest BCUT2D eigenvalue weighted by Gasteiger charge is -2.29. The standard InChI is InChI=1S/C12H22O/c13-10-12(7-3-4-8-12)9-11-5-1-2-6-11/h11,13H,1-10H2. The zero-order valence-electron chi connectivity index (χ0n) is 8.60. The van der Waals surface area contributed by atoms with Crippen LogP contribution < -0.4 is 0 Å². The molecule has 76 valence electrons. The lowest BCUT2D eigenvalue weighted by atomic mass is 9.78. The maximum absolute atomic E-state index is 9.48. The van der Waals surface area contributed by atoms with E-state index in [4.69, 9.17) is 0 Å². The molecule has 0 amide bonds. The van der Waals surface area contributed by atoms with Gasteiger partial charge in [-0.1, -0.05) is 38.5 Å². The molecule has 0 aliphatic heterocycles. The molecule has 2 saturated carbocycles. The molecule has 0 atom stereocenters.